The molecule has 0 atom stereocenters. The Kier molecular flexibility index (Phi) is 8.73. The van der Waals surface area contributed by atoms with Crippen LogP contribution in [0, 0.1) is 0 Å². The molecule has 0 aliphatic carbocycles. The zero-order chi connectivity index (χ0) is 13.8. The van der Waals surface area contributed by atoms with Crippen molar-refractivity contribution >= 4 is 5.91 Å². The minimum Gasteiger partial charge on any atom is -0.381 e. The van der Waals surface area contributed by atoms with Gasteiger partial charge in [-0.2, -0.15) is 0 Å². The number of hydrogen-bond acceptors (Lipinski definition) is 2. The summed E-state index contributed by atoms with van der Waals surface area (Å²) in [7, 11) is 0. The summed E-state index contributed by atoms with van der Waals surface area (Å²) in [6, 6.07) is 10.4. The van der Waals surface area contributed by atoms with Gasteiger partial charge in [-0.05, 0) is 31.2 Å². The lowest BCUT2D eigenvalue weighted by molar-refractivity contribution is -0.120. The Morgan fingerprint density at radius 3 is 2.63 bits per heavy atom. The monoisotopic (exact) mass is 263 g/mol. The SMILES string of the molecule is CCC(=O)NCCCCCOCCc1ccccc1. The lowest BCUT2D eigenvalue weighted by Gasteiger charge is -2.05. The second kappa shape index (κ2) is 10.6. The molecule has 0 bridgehead atoms. The maximum Gasteiger partial charge on any atom is 0.219 e. The van der Waals surface area contributed by atoms with Gasteiger partial charge in [0.25, 0.3) is 0 Å². The minimum absolute atomic E-state index is 0.138. The number of ether oxygens (including phenoxy) is 1. The fraction of sp³-hybridized carbons (Fsp3) is 0.562. The van der Waals surface area contributed by atoms with E-state index in [2.05, 4.69) is 29.6 Å². The Morgan fingerprint density at radius 1 is 1.11 bits per heavy atom. The van der Waals surface area contributed by atoms with Crippen molar-refractivity contribution in [1.29, 1.82) is 0 Å². The van der Waals surface area contributed by atoms with Crippen molar-refractivity contribution in [3.05, 3.63) is 35.9 Å². The first-order valence-electron chi connectivity index (χ1n) is 7.21. The topological polar surface area (TPSA) is 38.3 Å². The molecule has 3 nitrogen and oxygen atoms in total. The van der Waals surface area contributed by atoms with Gasteiger partial charge in [0, 0.05) is 19.6 Å². The maximum atomic E-state index is 11.0. The zero-order valence-corrected chi connectivity index (χ0v) is 11.9. The van der Waals surface area contributed by atoms with Crippen LogP contribution in [-0.2, 0) is 16.0 Å². The Bertz CT molecular complexity index is 338. The van der Waals surface area contributed by atoms with E-state index in [1.54, 1.807) is 0 Å². The standard InChI is InChI=1S/C16H25NO2/c1-2-16(18)17-12-7-4-8-13-19-14-11-15-9-5-3-6-10-15/h3,5-6,9-10H,2,4,7-8,11-14H2,1H3,(H,17,18). The molecule has 0 saturated heterocycles. The average Bonchev–Trinajstić information content (AvgIpc) is 2.46. The van der Waals surface area contributed by atoms with Crippen LogP contribution in [0.5, 0.6) is 0 Å². The van der Waals surface area contributed by atoms with E-state index >= 15 is 0 Å². The highest BCUT2D eigenvalue weighted by atomic mass is 16.5. The van der Waals surface area contributed by atoms with Crippen molar-refractivity contribution in [3.63, 3.8) is 0 Å². The Hall–Kier alpha value is -1.35. The quantitative estimate of drug-likeness (QED) is 0.659. The highest BCUT2D eigenvalue weighted by Gasteiger charge is 1.96. The molecular formula is C16H25NO2. The van der Waals surface area contributed by atoms with Crippen LogP contribution in [0.1, 0.15) is 38.2 Å². The summed E-state index contributed by atoms with van der Waals surface area (Å²) in [6.07, 6.45) is 4.76. The first-order chi connectivity index (χ1) is 9.33. The molecule has 0 heterocycles. The van der Waals surface area contributed by atoms with Crippen LogP contribution in [-0.4, -0.2) is 25.7 Å². The van der Waals surface area contributed by atoms with Crippen LogP contribution >= 0.6 is 0 Å². The summed E-state index contributed by atoms with van der Waals surface area (Å²) < 4.78 is 5.60. The van der Waals surface area contributed by atoms with Crippen LogP contribution in [0.2, 0.25) is 0 Å². The normalized spacial score (nSPS) is 10.4. The van der Waals surface area contributed by atoms with Gasteiger partial charge in [0.05, 0.1) is 6.61 Å². The summed E-state index contributed by atoms with van der Waals surface area (Å²) in [6.45, 7) is 4.26. The second-order valence-electron chi connectivity index (χ2n) is 4.61. The highest BCUT2D eigenvalue weighted by molar-refractivity contribution is 5.75. The number of amides is 1. The van der Waals surface area contributed by atoms with E-state index in [1.807, 2.05) is 13.0 Å². The van der Waals surface area contributed by atoms with Crippen molar-refractivity contribution in [2.45, 2.75) is 39.0 Å². The van der Waals surface area contributed by atoms with Crippen molar-refractivity contribution in [1.82, 2.24) is 5.32 Å². The van der Waals surface area contributed by atoms with Crippen LogP contribution in [0.15, 0.2) is 30.3 Å². The Labute approximate surface area is 116 Å². The van der Waals surface area contributed by atoms with Gasteiger partial charge in [0.15, 0.2) is 0 Å². The Balaban J connectivity index is 1.85. The Morgan fingerprint density at radius 2 is 1.89 bits per heavy atom. The molecule has 1 aromatic carbocycles. The molecule has 0 radical (unpaired) electrons. The van der Waals surface area contributed by atoms with Gasteiger partial charge in [0.1, 0.15) is 0 Å². The predicted octanol–water partition coefficient (Wildman–Crippen LogP) is 2.94. The van der Waals surface area contributed by atoms with Crippen LogP contribution in [0.4, 0.5) is 0 Å². The smallest absolute Gasteiger partial charge is 0.219 e. The molecule has 0 saturated carbocycles. The number of unbranched alkanes of at least 4 members (excludes halogenated alkanes) is 2. The third-order valence-corrected chi connectivity index (χ3v) is 2.99. The first kappa shape index (κ1) is 15.7. The van der Waals surface area contributed by atoms with Gasteiger partial charge in [-0.1, -0.05) is 37.3 Å². The molecule has 1 amide bonds. The molecule has 1 N–H and O–H groups in total. The molecule has 0 unspecified atom stereocenters. The van der Waals surface area contributed by atoms with Gasteiger partial charge in [-0.3, -0.25) is 4.79 Å². The number of nitrogens with one attached hydrogen (secondary N) is 1. The van der Waals surface area contributed by atoms with Crippen molar-refractivity contribution in [2.24, 2.45) is 0 Å². The molecule has 1 aromatic rings. The summed E-state index contributed by atoms with van der Waals surface area (Å²) in [4.78, 5) is 11.0. The van der Waals surface area contributed by atoms with Crippen LogP contribution in [0.3, 0.4) is 0 Å². The van der Waals surface area contributed by atoms with Gasteiger partial charge < -0.3 is 10.1 Å². The van der Waals surface area contributed by atoms with Gasteiger partial charge >= 0.3 is 0 Å². The number of hydrogen-bond donors (Lipinski definition) is 1. The van der Waals surface area contributed by atoms with E-state index < -0.39 is 0 Å². The molecule has 19 heavy (non-hydrogen) atoms. The van der Waals surface area contributed by atoms with Crippen molar-refractivity contribution in [3.8, 4) is 0 Å². The van der Waals surface area contributed by atoms with E-state index in [4.69, 9.17) is 4.74 Å². The fourth-order valence-corrected chi connectivity index (χ4v) is 1.80. The number of rotatable bonds is 10. The molecule has 3 heteroatoms. The average molecular weight is 263 g/mol. The molecule has 0 fully saturated rings. The molecular weight excluding hydrogens is 238 g/mol. The van der Waals surface area contributed by atoms with Crippen molar-refractivity contribution < 1.29 is 9.53 Å². The molecule has 1 rings (SSSR count). The van der Waals surface area contributed by atoms with E-state index in [-0.39, 0.29) is 5.91 Å². The van der Waals surface area contributed by atoms with E-state index in [1.165, 1.54) is 5.56 Å². The zero-order valence-electron chi connectivity index (χ0n) is 11.9. The highest BCUT2D eigenvalue weighted by Crippen LogP contribution is 2.00. The summed E-state index contributed by atoms with van der Waals surface area (Å²) in [5, 5.41) is 2.88. The van der Waals surface area contributed by atoms with Crippen LogP contribution < -0.4 is 5.32 Å². The minimum atomic E-state index is 0.138. The molecule has 0 aliphatic heterocycles. The third-order valence-electron chi connectivity index (χ3n) is 2.99. The third kappa shape index (κ3) is 8.38. The molecule has 0 aromatic heterocycles. The first-order valence-corrected chi connectivity index (χ1v) is 7.21. The van der Waals surface area contributed by atoms with Gasteiger partial charge in [-0.25, -0.2) is 0 Å². The van der Waals surface area contributed by atoms with Crippen LogP contribution in [0.25, 0.3) is 0 Å². The number of carbonyl (C=O) groups excluding carboxylic acids is 1. The molecule has 106 valence electrons. The van der Waals surface area contributed by atoms with E-state index in [0.717, 1.165) is 45.4 Å². The second-order valence-corrected chi connectivity index (χ2v) is 4.61. The maximum absolute atomic E-state index is 11.0. The lowest BCUT2D eigenvalue weighted by Crippen LogP contribution is -2.23. The number of carbonyl (C=O) groups is 1. The summed E-state index contributed by atoms with van der Waals surface area (Å²) >= 11 is 0. The predicted molar refractivity (Wildman–Crippen MR) is 78.1 cm³/mol. The fourth-order valence-electron chi connectivity index (χ4n) is 1.80. The van der Waals surface area contributed by atoms with Gasteiger partial charge in [0.2, 0.25) is 5.91 Å². The summed E-state index contributed by atoms with van der Waals surface area (Å²) in [5.74, 6) is 0.138. The lowest BCUT2D eigenvalue weighted by atomic mass is 10.2. The summed E-state index contributed by atoms with van der Waals surface area (Å²) in [5.41, 5.74) is 1.32. The van der Waals surface area contributed by atoms with Gasteiger partial charge in [-0.15, -0.1) is 0 Å². The molecule has 0 aliphatic rings. The van der Waals surface area contributed by atoms with E-state index in [9.17, 15) is 4.79 Å². The number of benzene rings is 1. The van der Waals surface area contributed by atoms with E-state index in [0.29, 0.717) is 6.42 Å². The largest absolute Gasteiger partial charge is 0.381 e. The molecule has 0 spiro atoms. The van der Waals surface area contributed by atoms with Crippen molar-refractivity contribution in [2.75, 3.05) is 19.8 Å².